The summed E-state index contributed by atoms with van der Waals surface area (Å²) in [4.78, 5) is 68.6. The van der Waals surface area contributed by atoms with E-state index in [-0.39, 0.29) is 30.2 Å². The molecule has 0 saturated carbocycles. The zero-order valence-electron chi connectivity index (χ0n) is 22.8. The number of hydrogen-bond acceptors (Lipinski definition) is 6. The molecular weight excluding hydrogens is 512 g/mol. The number of methoxy groups -OCH3 is 1. The van der Waals surface area contributed by atoms with Gasteiger partial charge in [-0.1, -0.05) is 50.2 Å². The lowest BCUT2D eigenvalue weighted by Gasteiger charge is -2.25. The van der Waals surface area contributed by atoms with Gasteiger partial charge in [-0.3, -0.25) is 24.0 Å². The lowest BCUT2D eigenvalue weighted by molar-refractivity contribution is -0.129. The van der Waals surface area contributed by atoms with Crippen molar-refractivity contribution in [2.24, 2.45) is 11.8 Å². The monoisotopic (exact) mass is 546 g/mol. The van der Waals surface area contributed by atoms with E-state index in [1.807, 2.05) is 19.9 Å². The second-order valence-corrected chi connectivity index (χ2v) is 10.4. The molecule has 1 saturated heterocycles. The molecule has 3 aromatic rings. The van der Waals surface area contributed by atoms with Crippen LogP contribution >= 0.6 is 0 Å². The molecule has 4 rings (SSSR count). The maximum atomic E-state index is 13.6. The number of Topliss-reactive ketones (excluding diaryl/α,β-unsaturated/α-hetero) is 2. The van der Waals surface area contributed by atoms with Crippen LogP contribution in [0.1, 0.15) is 53.8 Å². The summed E-state index contributed by atoms with van der Waals surface area (Å²) in [7, 11) is 1.51. The molecular formula is C30H34N4O6. The Hall–Kier alpha value is -4.47. The largest absolute Gasteiger partial charge is 0.496 e. The van der Waals surface area contributed by atoms with Gasteiger partial charge in [0.2, 0.25) is 23.4 Å². The van der Waals surface area contributed by atoms with E-state index in [0.29, 0.717) is 35.2 Å². The fraction of sp³-hybridized carbons (Fsp3) is 0.367. The van der Waals surface area contributed by atoms with Crippen LogP contribution in [0.5, 0.6) is 5.75 Å². The number of nitrogens with one attached hydrogen (secondary N) is 4. The van der Waals surface area contributed by atoms with Gasteiger partial charge in [-0.2, -0.15) is 0 Å². The molecule has 3 atom stereocenters. The maximum absolute atomic E-state index is 13.6. The van der Waals surface area contributed by atoms with E-state index < -0.39 is 41.4 Å². The minimum Gasteiger partial charge on any atom is -0.496 e. The quantitative estimate of drug-likeness (QED) is 0.203. The molecule has 40 heavy (non-hydrogen) atoms. The molecule has 10 heteroatoms. The van der Waals surface area contributed by atoms with Crippen molar-refractivity contribution in [3.05, 3.63) is 65.9 Å². The second-order valence-electron chi connectivity index (χ2n) is 10.4. The van der Waals surface area contributed by atoms with E-state index in [2.05, 4.69) is 20.9 Å². The Bertz CT molecular complexity index is 1410. The number of ether oxygens (including phenoxy) is 1. The number of amides is 3. The number of fused-ring (bicyclic) bond motifs is 1. The second kappa shape index (κ2) is 12.6. The van der Waals surface area contributed by atoms with Crippen LogP contribution < -0.4 is 20.7 Å². The minimum atomic E-state index is -1.23. The average Bonchev–Trinajstić information content (AvgIpc) is 3.57. The number of rotatable bonds is 12. The third-order valence-electron chi connectivity index (χ3n) is 7.04. The van der Waals surface area contributed by atoms with Crippen molar-refractivity contribution in [3.63, 3.8) is 0 Å². The van der Waals surface area contributed by atoms with Crippen LogP contribution in [-0.2, 0) is 14.4 Å². The number of ketones is 2. The number of aromatic amines is 1. The van der Waals surface area contributed by atoms with Crippen LogP contribution in [-0.4, -0.2) is 60.0 Å². The molecule has 2 unspecified atom stereocenters. The van der Waals surface area contributed by atoms with E-state index in [4.69, 9.17) is 4.74 Å². The summed E-state index contributed by atoms with van der Waals surface area (Å²) < 4.78 is 5.42. The molecule has 0 bridgehead atoms. The highest BCUT2D eigenvalue weighted by Gasteiger charge is 2.36. The van der Waals surface area contributed by atoms with Crippen LogP contribution in [0.3, 0.4) is 0 Å². The lowest BCUT2D eigenvalue weighted by Crippen LogP contribution is -2.53. The van der Waals surface area contributed by atoms with Gasteiger partial charge in [-0.05, 0) is 37.3 Å². The van der Waals surface area contributed by atoms with Gasteiger partial charge in [0.25, 0.3) is 5.91 Å². The molecule has 0 spiro atoms. The SMILES string of the molecule is COc1cccc2[nH]cc(C(=O)N[C@@H](CC(C)C)C(=O)NC(CC3CCNC3=O)C(=O)C(=O)c3ccccc3)c12. The summed E-state index contributed by atoms with van der Waals surface area (Å²) >= 11 is 0. The fourth-order valence-corrected chi connectivity index (χ4v) is 4.99. The predicted molar refractivity (Wildman–Crippen MR) is 149 cm³/mol. The van der Waals surface area contributed by atoms with Crippen molar-refractivity contribution in [2.45, 2.75) is 45.2 Å². The van der Waals surface area contributed by atoms with Crippen molar-refractivity contribution in [3.8, 4) is 5.75 Å². The summed E-state index contributed by atoms with van der Waals surface area (Å²) in [5.41, 5.74) is 1.21. The number of aromatic nitrogens is 1. The molecule has 1 aliphatic rings. The molecule has 3 amide bonds. The van der Waals surface area contributed by atoms with E-state index in [1.54, 1.807) is 36.5 Å². The van der Waals surface area contributed by atoms with Crippen LogP contribution in [0.25, 0.3) is 10.9 Å². The van der Waals surface area contributed by atoms with Crippen molar-refractivity contribution in [1.29, 1.82) is 0 Å². The first-order valence-corrected chi connectivity index (χ1v) is 13.4. The summed E-state index contributed by atoms with van der Waals surface area (Å²) in [5.74, 6) is -2.87. The molecule has 1 fully saturated rings. The highest BCUT2D eigenvalue weighted by Crippen LogP contribution is 2.28. The van der Waals surface area contributed by atoms with Crippen molar-refractivity contribution >= 4 is 40.2 Å². The minimum absolute atomic E-state index is 0.0169. The number of hydrogen-bond donors (Lipinski definition) is 4. The molecule has 1 aliphatic heterocycles. The first-order valence-electron chi connectivity index (χ1n) is 13.4. The third-order valence-corrected chi connectivity index (χ3v) is 7.04. The van der Waals surface area contributed by atoms with Crippen LogP contribution in [0.4, 0.5) is 0 Å². The summed E-state index contributed by atoms with van der Waals surface area (Å²) in [5, 5.41) is 8.80. The first-order chi connectivity index (χ1) is 19.2. The van der Waals surface area contributed by atoms with E-state index in [9.17, 15) is 24.0 Å². The fourth-order valence-electron chi connectivity index (χ4n) is 4.99. The van der Waals surface area contributed by atoms with Crippen LogP contribution in [0, 0.1) is 11.8 Å². The Labute approximate surface area is 232 Å². The molecule has 1 aromatic heterocycles. The average molecular weight is 547 g/mol. The predicted octanol–water partition coefficient (Wildman–Crippen LogP) is 2.78. The highest BCUT2D eigenvalue weighted by molar-refractivity contribution is 6.45. The summed E-state index contributed by atoms with van der Waals surface area (Å²) in [6.07, 6.45) is 2.31. The Morgan fingerprint density at radius 3 is 2.40 bits per heavy atom. The highest BCUT2D eigenvalue weighted by atomic mass is 16.5. The Balaban J connectivity index is 1.57. The molecule has 0 radical (unpaired) electrons. The summed E-state index contributed by atoms with van der Waals surface area (Å²) in [6.45, 7) is 4.28. The van der Waals surface area contributed by atoms with Gasteiger partial charge in [-0.25, -0.2) is 0 Å². The van der Waals surface area contributed by atoms with E-state index in [1.165, 1.54) is 19.2 Å². The Kier molecular flexibility index (Phi) is 8.98. The maximum Gasteiger partial charge on any atom is 0.254 e. The molecule has 210 valence electrons. The van der Waals surface area contributed by atoms with Crippen molar-refractivity contribution in [2.75, 3.05) is 13.7 Å². The smallest absolute Gasteiger partial charge is 0.254 e. The number of carbonyl (C=O) groups excluding carboxylic acids is 5. The topological polar surface area (TPSA) is 146 Å². The lowest BCUT2D eigenvalue weighted by atomic mass is 9.92. The normalized spacial score (nSPS) is 16.3. The molecule has 2 aromatic carbocycles. The van der Waals surface area contributed by atoms with Gasteiger partial charge < -0.3 is 25.7 Å². The van der Waals surface area contributed by atoms with Gasteiger partial charge >= 0.3 is 0 Å². The van der Waals surface area contributed by atoms with Gasteiger partial charge in [0.05, 0.1) is 24.1 Å². The number of carbonyl (C=O) groups is 5. The van der Waals surface area contributed by atoms with Gasteiger partial charge in [-0.15, -0.1) is 0 Å². The molecule has 4 N–H and O–H groups in total. The van der Waals surface area contributed by atoms with Crippen LogP contribution in [0.15, 0.2) is 54.7 Å². The third kappa shape index (κ3) is 6.39. The first kappa shape index (κ1) is 28.5. The Morgan fingerprint density at radius 1 is 1.00 bits per heavy atom. The number of benzene rings is 2. The van der Waals surface area contributed by atoms with Crippen molar-refractivity contribution in [1.82, 2.24) is 20.9 Å². The molecule has 10 nitrogen and oxygen atoms in total. The Morgan fingerprint density at radius 2 is 1.75 bits per heavy atom. The van der Waals surface area contributed by atoms with Crippen LogP contribution in [0.2, 0.25) is 0 Å². The van der Waals surface area contributed by atoms with Crippen molar-refractivity contribution < 1.29 is 28.7 Å². The van der Waals surface area contributed by atoms with E-state index in [0.717, 1.165) is 0 Å². The van der Waals surface area contributed by atoms with Gasteiger partial charge in [0.15, 0.2) is 0 Å². The van der Waals surface area contributed by atoms with Gasteiger partial charge in [0.1, 0.15) is 11.8 Å². The van der Waals surface area contributed by atoms with Gasteiger partial charge in [0, 0.05) is 29.7 Å². The van der Waals surface area contributed by atoms with E-state index >= 15 is 0 Å². The summed E-state index contributed by atoms with van der Waals surface area (Å²) in [6, 6.07) is 11.2. The molecule has 0 aliphatic carbocycles. The zero-order valence-corrected chi connectivity index (χ0v) is 22.8. The zero-order chi connectivity index (χ0) is 28.8. The number of H-pyrrole nitrogens is 1. The standard InChI is InChI=1S/C30H34N4O6/c1-17(2)14-23(34-29(38)20-16-32-21-10-7-11-24(40-3)25(20)21)30(39)33-22(15-19-12-13-31-28(19)37)27(36)26(35)18-8-5-4-6-9-18/h4-11,16-17,19,22-23,32H,12-15H2,1-3H3,(H,31,37)(H,33,39)(H,34,38)/t19?,22?,23-/m0/s1. The molecule has 2 heterocycles.